The van der Waals surface area contributed by atoms with Crippen LogP contribution in [0.1, 0.15) is 26.2 Å². The minimum atomic E-state index is -0.798. The van der Waals surface area contributed by atoms with Gasteiger partial charge in [-0.05, 0) is 18.8 Å². The van der Waals surface area contributed by atoms with E-state index in [1.54, 1.807) is 7.05 Å². The Hall–Kier alpha value is -1.34. The standard InChI is InChI=1S/C13H26N2O5/c1-10(4-5-12(17)18)6-7-14-13(19)15(2)8-11(16)9-20-3/h10-11,16H,4-9H2,1-3H3,(H,14,19)(H,17,18). The number of nitrogens with one attached hydrogen (secondary N) is 1. The lowest BCUT2D eigenvalue weighted by atomic mass is 10.0. The fraction of sp³-hybridized carbons (Fsp3) is 0.846. The predicted molar refractivity (Wildman–Crippen MR) is 74.6 cm³/mol. The number of ether oxygens (including phenoxy) is 1. The van der Waals surface area contributed by atoms with Crippen LogP contribution < -0.4 is 5.32 Å². The predicted octanol–water partition coefficient (Wildman–Crippen LogP) is 0.526. The van der Waals surface area contributed by atoms with Crippen LogP contribution in [0.5, 0.6) is 0 Å². The van der Waals surface area contributed by atoms with Gasteiger partial charge in [0.25, 0.3) is 0 Å². The molecule has 20 heavy (non-hydrogen) atoms. The van der Waals surface area contributed by atoms with Crippen LogP contribution in [0.4, 0.5) is 4.79 Å². The zero-order chi connectivity index (χ0) is 15.5. The number of aliphatic hydroxyl groups excluding tert-OH is 1. The summed E-state index contributed by atoms with van der Waals surface area (Å²) < 4.78 is 4.79. The molecule has 2 unspecified atom stereocenters. The summed E-state index contributed by atoms with van der Waals surface area (Å²) in [6, 6.07) is -0.259. The highest BCUT2D eigenvalue weighted by Crippen LogP contribution is 2.09. The van der Waals surface area contributed by atoms with Crippen molar-refractivity contribution in [3.63, 3.8) is 0 Å². The number of likely N-dealkylation sites (N-methyl/N-ethyl adjacent to an activating group) is 1. The number of nitrogens with zero attached hydrogens (tertiary/aromatic N) is 1. The van der Waals surface area contributed by atoms with Gasteiger partial charge in [0.15, 0.2) is 0 Å². The molecule has 0 aromatic heterocycles. The second kappa shape index (κ2) is 10.4. The number of hydrogen-bond acceptors (Lipinski definition) is 4. The van der Waals surface area contributed by atoms with Crippen LogP contribution in [0, 0.1) is 5.92 Å². The van der Waals surface area contributed by atoms with Crippen LogP contribution in [0.2, 0.25) is 0 Å². The molecule has 0 bridgehead atoms. The third-order valence-electron chi connectivity index (χ3n) is 2.95. The van der Waals surface area contributed by atoms with E-state index in [1.807, 2.05) is 6.92 Å². The second-order valence-electron chi connectivity index (χ2n) is 5.05. The number of methoxy groups -OCH3 is 1. The van der Waals surface area contributed by atoms with Gasteiger partial charge in [0.1, 0.15) is 0 Å². The van der Waals surface area contributed by atoms with E-state index in [0.717, 1.165) is 6.42 Å². The third-order valence-corrected chi connectivity index (χ3v) is 2.95. The fourth-order valence-electron chi connectivity index (χ4n) is 1.72. The maximum Gasteiger partial charge on any atom is 0.317 e. The summed E-state index contributed by atoms with van der Waals surface area (Å²) in [5, 5.41) is 20.8. The van der Waals surface area contributed by atoms with Crippen molar-refractivity contribution in [3.05, 3.63) is 0 Å². The van der Waals surface area contributed by atoms with Gasteiger partial charge in [-0.2, -0.15) is 0 Å². The van der Waals surface area contributed by atoms with Crippen molar-refractivity contribution in [1.82, 2.24) is 10.2 Å². The summed E-state index contributed by atoms with van der Waals surface area (Å²) >= 11 is 0. The van der Waals surface area contributed by atoms with Crippen LogP contribution >= 0.6 is 0 Å². The largest absolute Gasteiger partial charge is 0.481 e. The van der Waals surface area contributed by atoms with Gasteiger partial charge in [0, 0.05) is 27.1 Å². The Balaban J connectivity index is 3.78. The van der Waals surface area contributed by atoms with Crippen molar-refractivity contribution in [2.75, 3.05) is 33.9 Å². The van der Waals surface area contributed by atoms with Crippen molar-refractivity contribution in [2.45, 2.75) is 32.3 Å². The van der Waals surface area contributed by atoms with Crippen molar-refractivity contribution in [3.8, 4) is 0 Å². The minimum absolute atomic E-state index is 0.151. The van der Waals surface area contributed by atoms with Gasteiger partial charge in [-0.3, -0.25) is 4.79 Å². The molecule has 3 N–H and O–H groups in total. The average molecular weight is 290 g/mol. The zero-order valence-corrected chi connectivity index (χ0v) is 12.5. The lowest BCUT2D eigenvalue weighted by molar-refractivity contribution is -0.137. The quantitative estimate of drug-likeness (QED) is 0.545. The molecule has 7 nitrogen and oxygen atoms in total. The van der Waals surface area contributed by atoms with E-state index in [4.69, 9.17) is 9.84 Å². The Kier molecular flexibility index (Phi) is 9.75. The van der Waals surface area contributed by atoms with Crippen molar-refractivity contribution in [1.29, 1.82) is 0 Å². The molecule has 0 aliphatic carbocycles. The molecule has 0 saturated carbocycles. The smallest absolute Gasteiger partial charge is 0.317 e. The lowest BCUT2D eigenvalue weighted by Gasteiger charge is -2.21. The number of urea groups is 1. The van der Waals surface area contributed by atoms with E-state index in [-0.39, 0.29) is 31.5 Å². The van der Waals surface area contributed by atoms with Gasteiger partial charge >= 0.3 is 12.0 Å². The molecule has 2 atom stereocenters. The zero-order valence-electron chi connectivity index (χ0n) is 12.5. The molecule has 0 aliphatic rings. The molecule has 0 heterocycles. The van der Waals surface area contributed by atoms with Crippen LogP contribution in [-0.2, 0) is 9.53 Å². The lowest BCUT2D eigenvalue weighted by Crippen LogP contribution is -2.42. The highest BCUT2D eigenvalue weighted by Gasteiger charge is 2.13. The summed E-state index contributed by atoms with van der Waals surface area (Å²) in [5.41, 5.74) is 0. The van der Waals surface area contributed by atoms with Crippen LogP contribution in [0.3, 0.4) is 0 Å². The molecule has 0 aromatic carbocycles. The molecule has 0 radical (unpaired) electrons. The highest BCUT2D eigenvalue weighted by molar-refractivity contribution is 5.73. The summed E-state index contributed by atoms with van der Waals surface area (Å²) in [7, 11) is 3.09. The molecule has 2 amide bonds. The number of amides is 2. The molecule has 118 valence electrons. The first-order valence-corrected chi connectivity index (χ1v) is 6.74. The topological polar surface area (TPSA) is 99.1 Å². The summed E-state index contributed by atoms with van der Waals surface area (Å²) in [6.45, 7) is 2.84. The Labute approximate surface area is 119 Å². The van der Waals surface area contributed by atoms with Crippen molar-refractivity contribution in [2.24, 2.45) is 5.92 Å². The first-order chi connectivity index (χ1) is 9.36. The van der Waals surface area contributed by atoms with E-state index in [2.05, 4.69) is 5.32 Å². The fourth-order valence-corrected chi connectivity index (χ4v) is 1.72. The molecule has 0 aliphatic heterocycles. The normalized spacial score (nSPS) is 13.6. The number of rotatable bonds is 10. The van der Waals surface area contributed by atoms with Gasteiger partial charge < -0.3 is 25.2 Å². The van der Waals surface area contributed by atoms with Crippen LogP contribution in [-0.4, -0.2) is 67.1 Å². The minimum Gasteiger partial charge on any atom is -0.481 e. The van der Waals surface area contributed by atoms with E-state index < -0.39 is 12.1 Å². The van der Waals surface area contributed by atoms with Crippen molar-refractivity contribution >= 4 is 12.0 Å². The number of carboxylic acids is 1. The van der Waals surface area contributed by atoms with Gasteiger partial charge in [0.05, 0.1) is 19.3 Å². The van der Waals surface area contributed by atoms with Crippen LogP contribution in [0.15, 0.2) is 0 Å². The summed E-state index contributed by atoms with van der Waals surface area (Å²) in [6.07, 6.45) is 0.782. The van der Waals surface area contributed by atoms with Gasteiger partial charge in [0.2, 0.25) is 0 Å². The number of carboxylic acid groups (broad SMARTS) is 1. The van der Waals surface area contributed by atoms with E-state index in [0.29, 0.717) is 13.0 Å². The van der Waals surface area contributed by atoms with Gasteiger partial charge in [-0.15, -0.1) is 0 Å². The van der Waals surface area contributed by atoms with E-state index >= 15 is 0 Å². The molecular weight excluding hydrogens is 264 g/mol. The second-order valence-corrected chi connectivity index (χ2v) is 5.05. The average Bonchev–Trinajstić information content (AvgIpc) is 2.36. The summed E-state index contributed by atoms with van der Waals surface area (Å²) in [4.78, 5) is 23.5. The maximum atomic E-state index is 11.7. The number of aliphatic hydroxyl groups is 1. The van der Waals surface area contributed by atoms with E-state index in [1.165, 1.54) is 12.0 Å². The summed E-state index contributed by atoms with van der Waals surface area (Å²) in [5.74, 6) is -0.552. The number of carbonyl (C=O) groups excluding carboxylic acids is 1. The molecule has 0 rings (SSSR count). The first-order valence-electron chi connectivity index (χ1n) is 6.74. The maximum absolute atomic E-state index is 11.7. The Bertz CT molecular complexity index is 298. The number of carbonyl (C=O) groups is 2. The Morgan fingerprint density at radius 3 is 2.55 bits per heavy atom. The van der Waals surface area contributed by atoms with Crippen LogP contribution in [0.25, 0.3) is 0 Å². The SMILES string of the molecule is COCC(O)CN(C)C(=O)NCCC(C)CCC(=O)O. The highest BCUT2D eigenvalue weighted by atomic mass is 16.5. The molecule has 0 spiro atoms. The number of hydrogen-bond donors (Lipinski definition) is 3. The molecule has 0 fully saturated rings. The molecule has 7 heteroatoms. The molecule has 0 saturated heterocycles. The van der Waals surface area contributed by atoms with Gasteiger partial charge in [-0.25, -0.2) is 4.79 Å². The monoisotopic (exact) mass is 290 g/mol. The van der Waals surface area contributed by atoms with Gasteiger partial charge in [-0.1, -0.05) is 6.92 Å². The number of aliphatic carboxylic acids is 1. The third kappa shape index (κ3) is 9.57. The molecule has 0 aromatic rings. The Morgan fingerprint density at radius 2 is 2.00 bits per heavy atom. The first kappa shape index (κ1) is 18.7. The van der Waals surface area contributed by atoms with E-state index in [9.17, 15) is 14.7 Å². The molecular formula is C13H26N2O5. The Morgan fingerprint density at radius 1 is 1.35 bits per heavy atom. The van der Waals surface area contributed by atoms with Crippen molar-refractivity contribution < 1.29 is 24.5 Å².